The first-order chi connectivity index (χ1) is 11.2. The lowest BCUT2D eigenvalue weighted by molar-refractivity contribution is 0.0930. The van der Waals surface area contributed by atoms with Gasteiger partial charge in [0.15, 0.2) is 0 Å². The van der Waals surface area contributed by atoms with E-state index >= 15 is 0 Å². The van der Waals surface area contributed by atoms with Crippen molar-refractivity contribution in [3.8, 4) is 0 Å². The van der Waals surface area contributed by atoms with E-state index < -0.39 is 0 Å². The normalized spacial score (nSPS) is 12.5. The SMILES string of the molecule is CCN(CC)C(CNC(=O)c1csc(CCN)n1)c1ccsc1. The molecule has 0 aliphatic carbocycles. The first-order valence-electron chi connectivity index (χ1n) is 7.88. The molecule has 2 aromatic heterocycles. The van der Waals surface area contributed by atoms with E-state index in [4.69, 9.17) is 5.73 Å². The molecule has 0 saturated carbocycles. The van der Waals surface area contributed by atoms with Gasteiger partial charge in [-0.2, -0.15) is 11.3 Å². The molecule has 2 aromatic rings. The molecule has 0 radical (unpaired) electrons. The molecule has 0 aliphatic rings. The summed E-state index contributed by atoms with van der Waals surface area (Å²) in [5.74, 6) is -0.114. The molecule has 5 nitrogen and oxygen atoms in total. The van der Waals surface area contributed by atoms with Gasteiger partial charge in [0.05, 0.1) is 11.0 Å². The minimum Gasteiger partial charge on any atom is -0.349 e. The van der Waals surface area contributed by atoms with Crippen LogP contribution in [0.4, 0.5) is 0 Å². The summed E-state index contributed by atoms with van der Waals surface area (Å²) in [6.07, 6.45) is 0.717. The highest BCUT2D eigenvalue weighted by atomic mass is 32.1. The molecule has 1 amide bonds. The summed E-state index contributed by atoms with van der Waals surface area (Å²) in [5.41, 5.74) is 7.26. The molecule has 7 heteroatoms. The topological polar surface area (TPSA) is 71.2 Å². The number of hydrogen-bond donors (Lipinski definition) is 2. The average Bonchev–Trinajstić information content (AvgIpc) is 3.23. The van der Waals surface area contributed by atoms with Crippen LogP contribution in [0, 0.1) is 0 Å². The standard InChI is InChI=1S/C16H24N4OS2/c1-3-20(4-2)14(12-6-8-22-10-12)9-18-16(21)13-11-23-15(19-13)5-7-17/h6,8,10-11,14H,3-5,7,9,17H2,1-2H3,(H,18,21). The predicted octanol–water partition coefficient (Wildman–Crippen LogP) is 2.52. The van der Waals surface area contributed by atoms with E-state index in [9.17, 15) is 4.79 Å². The molecule has 126 valence electrons. The van der Waals surface area contributed by atoms with Crippen LogP contribution in [0.15, 0.2) is 22.2 Å². The van der Waals surface area contributed by atoms with Gasteiger partial charge in [-0.05, 0) is 42.0 Å². The summed E-state index contributed by atoms with van der Waals surface area (Å²) in [6.45, 7) is 7.32. The van der Waals surface area contributed by atoms with Crippen molar-refractivity contribution in [1.82, 2.24) is 15.2 Å². The maximum Gasteiger partial charge on any atom is 0.270 e. The summed E-state index contributed by atoms with van der Waals surface area (Å²) in [6, 6.07) is 2.32. The molecule has 0 spiro atoms. The van der Waals surface area contributed by atoms with Crippen molar-refractivity contribution < 1.29 is 4.79 Å². The van der Waals surface area contributed by atoms with Crippen LogP contribution in [-0.4, -0.2) is 42.0 Å². The van der Waals surface area contributed by atoms with Crippen LogP contribution in [-0.2, 0) is 6.42 Å². The van der Waals surface area contributed by atoms with Crippen LogP contribution >= 0.6 is 22.7 Å². The third kappa shape index (κ3) is 4.84. The molecule has 1 unspecified atom stereocenters. The Morgan fingerprint density at radius 2 is 2.17 bits per heavy atom. The second kappa shape index (κ2) is 9.12. The summed E-state index contributed by atoms with van der Waals surface area (Å²) < 4.78 is 0. The molecule has 1 atom stereocenters. The molecule has 3 N–H and O–H groups in total. The number of thiophene rings is 1. The van der Waals surface area contributed by atoms with Crippen molar-refractivity contribution in [2.24, 2.45) is 5.73 Å². The van der Waals surface area contributed by atoms with Crippen LogP contribution in [0.2, 0.25) is 0 Å². The Morgan fingerprint density at radius 1 is 1.39 bits per heavy atom. The Labute approximate surface area is 145 Å². The van der Waals surface area contributed by atoms with Crippen molar-refractivity contribution in [3.05, 3.63) is 38.5 Å². The fourth-order valence-electron chi connectivity index (χ4n) is 2.52. The largest absolute Gasteiger partial charge is 0.349 e. The van der Waals surface area contributed by atoms with Crippen molar-refractivity contribution in [2.45, 2.75) is 26.3 Å². The number of nitrogens with two attached hydrogens (primary N) is 1. The molecule has 23 heavy (non-hydrogen) atoms. The van der Waals surface area contributed by atoms with E-state index in [0.717, 1.165) is 24.5 Å². The second-order valence-corrected chi connectivity index (χ2v) is 6.89. The maximum absolute atomic E-state index is 12.3. The van der Waals surface area contributed by atoms with Gasteiger partial charge in [-0.25, -0.2) is 4.98 Å². The first kappa shape index (κ1) is 18.1. The minimum absolute atomic E-state index is 0.114. The van der Waals surface area contributed by atoms with Gasteiger partial charge in [0.1, 0.15) is 5.69 Å². The number of nitrogens with one attached hydrogen (secondary N) is 1. The number of carbonyl (C=O) groups excluding carboxylic acids is 1. The number of aromatic nitrogens is 1. The smallest absolute Gasteiger partial charge is 0.270 e. The number of amides is 1. The van der Waals surface area contributed by atoms with E-state index in [1.54, 1.807) is 16.7 Å². The summed E-state index contributed by atoms with van der Waals surface area (Å²) in [7, 11) is 0. The van der Waals surface area contributed by atoms with Crippen molar-refractivity contribution in [2.75, 3.05) is 26.2 Å². The van der Waals surface area contributed by atoms with Crippen molar-refractivity contribution >= 4 is 28.6 Å². The number of likely N-dealkylation sites (N-methyl/N-ethyl adjacent to an activating group) is 1. The third-order valence-electron chi connectivity index (χ3n) is 3.78. The third-order valence-corrected chi connectivity index (χ3v) is 5.39. The van der Waals surface area contributed by atoms with Gasteiger partial charge in [-0.15, -0.1) is 11.3 Å². The molecular formula is C16H24N4OS2. The van der Waals surface area contributed by atoms with Crippen LogP contribution in [0.1, 0.15) is 40.9 Å². The van der Waals surface area contributed by atoms with Gasteiger partial charge in [0.25, 0.3) is 5.91 Å². The molecular weight excluding hydrogens is 328 g/mol. The van der Waals surface area contributed by atoms with Crippen molar-refractivity contribution in [3.63, 3.8) is 0 Å². The fraction of sp³-hybridized carbons (Fsp3) is 0.500. The molecule has 0 aliphatic heterocycles. The van der Waals surface area contributed by atoms with E-state index in [1.165, 1.54) is 16.9 Å². The Morgan fingerprint density at radius 3 is 2.78 bits per heavy atom. The molecule has 0 bridgehead atoms. The molecule has 0 fully saturated rings. The first-order valence-corrected chi connectivity index (χ1v) is 9.70. The number of carbonyl (C=O) groups is 1. The van der Waals surface area contributed by atoms with Gasteiger partial charge in [-0.3, -0.25) is 9.69 Å². The lowest BCUT2D eigenvalue weighted by atomic mass is 10.1. The van der Waals surface area contributed by atoms with Gasteiger partial charge < -0.3 is 11.1 Å². The predicted molar refractivity (Wildman–Crippen MR) is 97.2 cm³/mol. The van der Waals surface area contributed by atoms with Gasteiger partial charge in [-0.1, -0.05) is 13.8 Å². The molecule has 2 rings (SSSR count). The van der Waals surface area contributed by atoms with Crippen LogP contribution < -0.4 is 11.1 Å². The van der Waals surface area contributed by atoms with Crippen LogP contribution in [0.25, 0.3) is 0 Å². The zero-order valence-electron chi connectivity index (χ0n) is 13.6. The second-order valence-electron chi connectivity index (χ2n) is 5.17. The molecule has 0 aromatic carbocycles. The monoisotopic (exact) mass is 352 g/mol. The summed E-state index contributed by atoms with van der Waals surface area (Å²) in [4.78, 5) is 19.0. The zero-order chi connectivity index (χ0) is 16.7. The number of rotatable bonds is 9. The highest BCUT2D eigenvalue weighted by Crippen LogP contribution is 2.22. The number of thiazole rings is 1. The lowest BCUT2D eigenvalue weighted by Crippen LogP contribution is -2.38. The number of nitrogens with zero attached hydrogens (tertiary/aromatic N) is 2. The zero-order valence-corrected chi connectivity index (χ0v) is 15.3. The van der Waals surface area contributed by atoms with Gasteiger partial charge in [0.2, 0.25) is 0 Å². The fourth-order valence-corrected chi connectivity index (χ4v) is 4.02. The summed E-state index contributed by atoms with van der Waals surface area (Å²) >= 11 is 3.17. The highest BCUT2D eigenvalue weighted by Gasteiger charge is 2.20. The van der Waals surface area contributed by atoms with E-state index in [2.05, 4.69) is 45.9 Å². The summed E-state index contributed by atoms with van der Waals surface area (Å²) in [5, 5.41) is 9.97. The van der Waals surface area contributed by atoms with Gasteiger partial charge in [0, 0.05) is 18.3 Å². The number of hydrogen-bond acceptors (Lipinski definition) is 6. The molecule has 0 saturated heterocycles. The van der Waals surface area contributed by atoms with E-state index in [-0.39, 0.29) is 11.9 Å². The Hall–Kier alpha value is -1.28. The lowest BCUT2D eigenvalue weighted by Gasteiger charge is -2.29. The quantitative estimate of drug-likeness (QED) is 0.727. The van der Waals surface area contributed by atoms with Crippen LogP contribution in [0.3, 0.4) is 0 Å². The highest BCUT2D eigenvalue weighted by molar-refractivity contribution is 7.09. The van der Waals surface area contributed by atoms with Crippen LogP contribution in [0.5, 0.6) is 0 Å². The Kier molecular flexibility index (Phi) is 7.16. The van der Waals surface area contributed by atoms with E-state index in [1.807, 2.05) is 0 Å². The van der Waals surface area contributed by atoms with Crippen molar-refractivity contribution in [1.29, 1.82) is 0 Å². The van der Waals surface area contributed by atoms with E-state index in [0.29, 0.717) is 18.8 Å². The molecule has 2 heterocycles. The van der Waals surface area contributed by atoms with Gasteiger partial charge >= 0.3 is 0 Å². The Balaban J connectivity index is 2.01. The minimum atomic E-state index is -0.114. The average molecular weight is 353 g/mol. The maximum atomic E-state index is 12.3. The Bertz CT molecular complexity index is 593.